The van der Waals surface area contributed by atoms with Gasteiger partial charge in [0, 0.05) is 0 Å². The molecule has 0 aliphatic heterocycles. The van der Waals surface area contributed by atoms with Crippen LogP contribution < -0.4 is 0 Å². The van der Waals surface area contributed by atoms with Crippen molar-refractivity contribution in [1.82, 2.24) is 0 Å². The summed E-state index contributed by atoms with van der Waals surface area (Å²) in [6.45, 7) is 0. The quantitative estimate of drug-likeness (QED) is 0.618. The van der Waals surface area contributed by atoms with Crippen molar-refractivity contribution in [2.75, 3.05) is 0 Å². The second kappa shape index (κ2) is 5.92. The largest absolute Gasteiger partial charge is 0.501 e. The fourth-order valence-corrected chi connectivity index (χ4v) is 2.08. The van der Waals surface area contributed by atoms with Gasteiger partial charge >= 0.3 is 11.7 Å². The Bertz CT molecular complexity index is 639. The lowest BCUT2D eigenvalue weighted by molar-refractivity contribution is -0.0893. The Hall–Kier alpha value is -1.77. The number of benzene rings is 1. The maximum atomic E-state index is 12.5. The Kier molecular flexibility index (Phi) is 4.87. The first kappa shape index (κ1) is 17.3. The molecule has 0 N–H and O–H groups in total. The lowest BCUT2D eigenvalue weighted by Gasteiger charge is -2.13. The lowest BCUT2D eigenvalue weighted by Crippen LogP contribution is -2.31. The van der Waals surface area contributed by atoms with E-state index in [0.717, 1.165) is 6.08 Å². The Morgan fingerprint density at radius 2 is 1.48 bits per heavy atom. The standard InChI is InChI=1S/C12H8F6O2S/c13-11(14,15)10(21(19,20)12(16,17)18)8-4-7-9-5-2-1-3-6-9/h1-8H/b7-4+,10-8-. The van der Waals surface area contributed by atoms with E-state index in [1.165, 1.54) is 12.1 Å². The minimum Gasteiger partial charge on any atom is -0.214 e. The summed E-state index contributed by atoms with van der Waals surface area (Å²) in [5, 5.41) is 0. The first-order valence-electron chi connectivity index (χ1n) is 5.28. The van der Waals surface area contributed by atoms with Crippen molar-refractivity contribution < 1.29 is 34.8 Å². The van der Waals surface area contributed by atoms with Crippen molar-refractivity contribution in [3.63, 3.8) is 0 Å². The predicted octanol–water partition coefficient (Wildman–Crippen LogP) is 4.08. The minimum atomic E-state index is -6.47. The van der Waals surface area contributed by atoms with E-state index in [0.29, 0.717) is 11.6 Å². The van der Waals surface area contributed by atoms with Crippen LogP contribution in [0.5, 0.6) is 0 Å². The molecular weight excluding hydrogens is 322 g/mol. The van der Waals surface area contributed by atoms with Crippen molar-refractivity contribution in [1.29, 1.82) is 0 Å². The number of alkyl halides is 6. The first-order chi connectivity index (χ1) is 9.46. The fourth-order valence-electron chi connectivity index (χ4n) is 1.27. The van der Waals surface area contributed by atoms with Gasteiger partial charge in [0.25, 0.3) is 9.84 Å². The van der Waals surface area contributed by atoms with Crippen LogP contribution >= 0.6 is 0 Å². The highest BCUT2D eigenvalue weighted by molar-refractivity contribution is 7.96. The van der Waals surface area contributed by atoms with Crippen molar-refractivity contribution in [2.45, 2.75) is 11.7 Å². The number of rotatable bonds is 3. The monoisotopic (exact) mass is 330 g/mol. The molecule has 1 aromatic rings. The predicted molar refractivity (Wildman–Crippen MR) is 64.6 cm³/mol. The SMILES string of the molecule is O=S(=O)(/C(=C\C=C\c1ccccc1)C(F)(F)F)C(F)(F)F. The van der Waals surface area contributed by atoms with Gasteiger partial charge in [-0.25, -0.2) is 8.42 Å². The molecule has 9 heteroatoms. The zero-order valence-corrected chi connectivity index (χ0v) is 10.9. The normalized spacial score (nSPS) is 14.7. The molecule has 0 saturated carbocycles. The molecule has 0 spiro atoms. The van der Waals surface area contributed by atoms with Gasteiger partial charge in [0.1, 0.15) is 0 Å². The molecule has 0 aliphatic carbocycles. The zero-order chi connectivity index (χ0) is 16.3. The van der Waals surface area contributed by atoms with Gasteiger partial charge in [0.2, 0.25) is 0 Å². The Balaban J connectivity index is 3.23. The van der Waals surface area contributed by atoms with E-state index in [1.807, 2.05) is 0 Å². The van der Waals surface area contributed by atoms with Gasteiger partial charge in [-0.2, -0.15) is 26.3 Å². The third kappa shape index (κ3) is 4.35. The van der Waals surface area contributed by atoms with Gasteiger partial charge in [-0.15, -0.1) is 0 Å². The van der Waals surface area contributed by atoms with Crippen LogP contribution in [0.1, 0.15) is 5.56 Å². The van der Waals surface area contributed by atoms with Gasteiger partial charge in [-0.3, -0.25) is 0 Å². The average Bonchev–Trinajstić information content (AvgIpc) is 2.32. The molecule has 0 amide bonds. The average molecular weight is 330 g/mol. The number of allylic oxidation sites excluding steroid dienone is 3. The van der Waals surface area contributed by atoms with Crippen molar-refractivity contribution in [3.05, 3.63) is 53.0 Å². The van der Waals surface area contributed by atoms with Crippen LogP contribution in [0.2, 0.25) is 0 Å². The van der Waals surface area contributed by atoms with E-state index in [-0.39, 0.29) is 6.08 Å². The summed E-state index contributed by atoms with van der Waals surface area (Å²) in [7, 11) is -6.47. The molecule has 0 atom stereocenters. The fraction of sp³-hybridized carbons (Fsp3) is 0.167. The molecule has 1 aromatic carbocycles. The molecule has 0 bridgehead atoms. The maximum Gasteiger partial charge on any atom is 0.501 e. The van der Waals surface area contributed by atoms with E-state index in [1.54, 1.807) is 18.2 Å². The summed E-state index contributed by atoms with van der Waals surface area (Å²) in [5.74, 6) is 0. The molecular formula is C12H8F6O2S. The van der Waals surface area contributed by atoms with Gasteiger partial charge in [-0.1, -0.05) is 42.5 Å². The Morgan fingerprint density at radius 1 is 0.952 bits per heavy atom. The van der Waals surface area contributed by atoms with Gasteiger partial charge < -0.3 is 0 Å². The van der Waals surface area contributed by atoms with Gasteiger partial charge in [-0.05, 0) is 11.6 Å². The Labute approximate surface area is 116 Å². The highest BCUT2D eigenvalue weighted by atomic mass is 32.2. The van der Waals surface area contributed by atoms with Crippen LogP contribution in [0, 0.1) is 0 Å². The highest BCUT2D eigenvalue weighted by Gasteiger charge is 2.56. The lowest BCUT2D eigenvalue weighted by atomic mass is 10.2. The molecule has 2 nitrogen and oxygen atoms in total. The van der Waals surface area contributed by atoms with Crippen LogP contribution in [-0.4, -0.2) is 20.1 Å². The van der Waals surface area contributed by atoms with Crippen LogP contribution in [0.15, 0.2) is 47.4 Å². The number of halogens is 6. The topological polar surface area (TPSA) is 34.1 Å². The van der Waals surface area contributed by atoms with Crippen LogP contribution in [0.25, 0.3) is 6.08 Å². The van der Waals surface area contributed by atoms with Crippen molar-refractivity contribution >= 4 is 15.9 Å². The number of hydrogen-bond donors (Lipinski definition) is 0. The van der Waals surface area contributed by atoms with E-state index >= 15 is 0 Å². The second-order valence-electron chi connectivity index (χ2n) is 3.75. The van der Waals surface area contributed by atoms with Crippen molar-refractivity contribution in [2.24, 2.45) is 0 Å². The second-order valence-corrected chi connectivity index (χ2v) is 5.66. The number of sulfone groups is 1. The maximum absolute atomic E-state index is 12.5. The molecule has 0 unspecified atom stereocenters. The van der Waals surface area contributed by atoms with E-state index < -0.39 is 26.4 Å². The van der Waals surface area contributed by atoms with Crippen molar-refractivity contribution in [3.8, 4) is 0 Å². The zero-order valence-electron chi connectivity index (χ0n) is 10.1. The third-order valence-electron chi connectivity index (χ3n) is 2.21. The molecule has 0 heterocycles. The smallest absolute Gasteiger partial charge is 0.214 e. The summed E-state index contributed by atoms with van der Waals surface area (Å²) < 4.78 is 95.9. The summed E-state index contributed by atoms with van der Waals surface area (Å²) in [6, 6.07) is 7.70. The van der Waals surface area contributed by atoms with Crippen LogP contribution in [0.4, 0.5) is 26.3 Å². The molecule has 0 aliphatic rings. The highest BCUT2D eigenvalue weighted by Crippen LogP contribution is 2.38. The Morgan fingerprint density at radius 3 is 1.90 bits per heavy atom. The molecule has 0 aromatic heterocycles. The van der Waals surface area contributed by atoms with Crippen LogP contribution in [-0.2, 0) is 9.84 Å². The molecule has 1 rings (SSSR count). The molecule has 0 fully saturated rings. The summed E-state index contributed by atoms with van der Waals surface area (Å²) in [6.07, 6.45) is -4.11. The van der Waals surface area contributed by atoms with Gasteiger partial charge in [0.15, 0.2) is 4.91 Å². The molecule has 116 valence electrons. The molecule has 21 heavy (non-hydrogen) atoms. The van der Waals surface area contributed by atoms with E-state index in [2.05, 4.69) is 0 Å². The van der Waals surface area contributed by atoms with E-state index in [9.17, 15) is 34.8 Å². The summed E-state index contributed by atoms with van der Waals surface area (Å²) in [5.41, 5.74) is -5.62. The minimum absolute atomic E-state index is 0.115. The first-order valence-corrected chi connectivity index (χ1v) is 6.76. The summed E-state index contributed by atoms with van der Waals surface area (Å²) in [4.78, 5) is -2.66. The van der Waals surface area contributed by atoms with Crippen LogP contribution in [0.3, 0.4) is 0 Å². The molecule has 0 saturated heterocycles. The molecule has 0 radical (unpaired) electrons. The van der Waals surface area contributed by atoms with E-state index in [4.69, 9.17) is 0 Å². The van der Waals surface area contributed by atoms with Gasteiger partial charge in [0.05, 0.1) is 0 Å². The summed E-state index contributed by atoms with van der Waals surface area (Å²) >= 11 is 0. The third-order valence-corrected chi connectivity index (χ3v) is 3.77. The number of hydrogen-bond acceptors (Lipinski definition) is 2.